The van der Waals surface area contributed by atoms with Crippen LogP contribution in [0.3, 0.4) is 0 Å². The van der Waals surface area contributed by atoms with E-state index < -0.39 is 0 Å². The van der Waals surface area contributed by atoms with E-state index in [0.29, 0.717) is 11.0 Å². The van der Waals surface area contributed by atoms with Gasteiger partial charge in [-0.1, -0.05) is 12.1 Å². The second-order valence-electron chi connectivity index (χ2n) is 5.47. The van der Waals surface area contributed by atoms with E-state index in [0.717, 1.165) is 37.6 Å². The van der Waals surface area contributed by atoms with Crippen LogP contribution in [-0.2, 0) is 6.54 Å². The Morgan fingerprint density at radius 1 is 1.36 bits per heavy atom. The van der Waals surface area contributed by atoms with Crippen molar-refractivity contribution in [3.05, 3.63) is 34.8 Å². The normalized spacial score (nSPS) is 18.5. The van der Waals surface area contributed by atoms with Crippen LogP contribution in [0.25, 0.3) is 0 Å². The van der Waals surface area contributed by atoms with E-state index in [1.54, 1.807) is 25.6 Å². The maximum absolute atomic E-state index is 5.70. The highest BCUT2D eigenvalue weighted by molar-refractivity contribution is 7.15. The first-order valence-corrected chi connectivity index (χ1v) is 8.16. The fraction of sp³-hybridized carbons (Fsp3) is 0.438. The summed E-state index contributed by atoms with van der Waals surface area (Å²) in [4.78, 5) is 7.78. The minimum absolute atomic E-state index is 0.468. The number of ether oxygens (including phenoxy) is 2. The molecule has 2 N–H and O–H groups in total. The summed E-state index contributed by atoms with van der Waals surface area (Å²) >= 11 is 1.57. The molecule has 0 saturated carbocycles. The lowest BCUT2D eigenvalue weighted by Gasteiger charge is -2.18. The average Bonchev–Trinajstić information content (AvgIpc) is 3.16. The zero-order chi connectivity index (χ0) is 15.5. The summed E-state index contributed by atoms with van der Waals surface area (Å²) in [6.07, 6.45) is 3.00. The molecule has 1 saturated heterocycles. The summed E-state index contributed by atoms with van der Waals surface area (Å²) in [5, 5.41) is 0.639. The molecule has 0 bridgehead atoms. The van der Waals surface area contributed by atoms with Gasteiger partial charge in [0.1, 0.15) is 0 Å². The van der Waals surface area contributed by atoms with Gasteiger partial charge in [0.2, 0.25) is 0 Å². The molecule has 0 spiro atoms. The van der Waals surface area contributed by atoms with Crippen LogP contribution >= 0.6 is 11.3 Å². The first-order chi connectivity index (χ1) is 10.7. The zero-order valence-electron chi connectivity index (χ0n) is 12.9. The van der Waals surface area contributed by atoms with Crippen LogP contribution in [0.4, 0.5) is 5.13 Å². The van der Waals surface area contributed by atoms with Crippen molar-refractivity contribution >= 4 is 16.5 Å². The van der Waals surface area contributed by atoms with Crippen LogP contribution in [0.2, 0.25) is 0 Å². The number of nitrogens with two attached hydrogens (primary N) is 1. The second-order valence-corrected chi connectivity index (χ2v) is 6.62. The van der Waals surface area contributed by atoms with Gasteiger partial charge in [-0.25, -0.2) is 4.98 Å². The third-order valence-corrected chi connectivity index (χ3v) is 4.91. The van der Waals surface area contributed by atoms with Gasteiger partial charge in [-0.3, -0.25) is 4.90 Å². The van der Waals surface area contributed by atoms with E-state index in [1.807, 2.05) is 18.3 Å². The molecule has 6 heteroatoms. The average molecular weight is 319 g/mol. The monoisotopic (exact) mass is 319 g/mol. The number of likely N-dealkylation sites (tertiary alicyclic amines) is 1. The Labute approximate surface area is 134 Å². The van der Waals surface area contributed by atoms with Gasteiger partial charge in [0.25, 0.3) is 0 Å². The highest BCUT2D eigenvalue weighted by Crippen LogP contribution is 2.39. The Hall–Kier alpha value is -1.79. The number of aromatic nitrogens is 1. The predicted octanol–water partition coefficient (Wildman–Crippen LogP) is 2.73. The van der Waals surface area contributed by atoms with Gasteiger partial charge in [-0.2, -0.15) is 0 Å². The molecular formula is C16H21N3O2S. The van der Waals surface area contributed by atoms with Gasteiger partial charge in [0.15, 0.2) is 16.6 Å². The molecule has 0 radical (unpaired) electrons. The Bertz CT molecular complexity index is 644. The smallest absolute Gasteiger partial charge is 0.180 e. The Morgan fingerprint density at radius 2 is 2.23 bits per heavy atom. The fourth-order valence-corrected chi connectivity index (χ4v) is 3.81. The molecule has 5 nitrogen and oxygen atoms in total. The van der Waals surface area contributed by atoms with Crippen molar-refractivity contribution in [1.29, 1.82) is 0 Å². The third kappa shape index (κ3) is 3.03. The van der Waals surface area contributed by atoms with Crippen LogP contribution in [0.5, 0.6) is 11.5 Å². The van der Waals surface area contributed by atoms with Crippen molar-refractivity contribution in [2.75, 3.05) is 33.0 Å². The molecule has 1 aromatic heterocycles. The van der Waals surface area contributed by atoms with E-state index in [4.69, 9.17) is 15.2 Å². The Kier molecular flexibility index (Phi) is 4.49. The van der Waals surface area contributed by atoms with Gasteiger partial charge in [0, 0.05) is 35.6 Å². The van der Waals surface area contributed by atoms with E-state index in [9.17, 15) is 0 Å². The maximum atomic E-state index is 5.70. The fourth-order valence-electron chi connectivity index (χ4n) is 3.08. The van der Waals surface area contributed by atoms with Crippen LogP contribution in [0, 0.1) is 0 Å². The van der Waals surface area contributed by atoms with Gasteiger partial charge < -0.3 is 15.2 Å². The van der Waals surface area contributed by atoms with E-state index >= 15 is 0 Å². The van der Waals surface area contributed by atoms with Crippen molar-refractivity contribution in [3.63, 3.8) is 0 Å². The molecule has 1 fully saturated rings. The molecule has 1 aliphatic rings. The molecule has 0 amide bonds. The second kappa shape index (κ2) is 6.54. The number of benzene rings is 1. The lowest BCUT2D eigenvalue weighted by molar-refractivity contribution is 0.325. The molecule has 118 valence electrons. The molecule has 22 heavy (non-hydrogen) atoms. The molecule has 3 rings (SSSR count). The van der Waals surface area contributed by atoms with Gasteiger partial charge in [0.05, 0.1) is 14.2 Å². The van der Waals surface area contributed by atoms with Gasteiger partial charge >= 0.3 is 0 Å². The third-order valence-electron chi connectivity index (χ3n) is 4.10. The summed E-state index contributed by atoms with van der Waals surface area (Å²) in [6.45, 7) is 3.00. The maximum Gasteiger partial charge on any atom is 0.180 e. The minimum atomic E-state index is 0.468. The summed E-state index contributed by atoms with van der Waals surface area (Å²) in [5.74, 6) is 2.13. The molecular weight excluding hydrogens is 298 g/mol. The molecule has 0 unspecified atom stereocenters. The number of anilines is 1. The minimum Gasteiger partial charge on any atom is -0.493 e. The van der Waals surface area contributed by atoms with Crippen LogP contribution in [0.1, 0.15) is 22.8 Å². The first kappa shape index (κ1) is 15.1. The van der Waals surface area contributed by atoms with E-state index in [-0.39, 0.29) is 0 Å². The zero-order valence-corrected chi connectivity index (χ0v) is 13.7. The predicted molar refractivity (Wildman–Crippen MR) is 88.7 cm³/mol. The molecule has 2 aromatic rings. The van der Waals surface area contributed by atoms with Gasteiger partial charge in [-0.15, -0.1) is 11.3 Å². The molecule has 1 atom stereocenters. The summed E-state index contributed by atoms with van der Waals surface area (Å²) in [7, 11) is 3.38. The van der Waals surface area contributed by atoms with Crippen molar-refractivity contribution in [2.24, 2.45) is 0 Å². The van der Waals surface area contributed by atoms with E-state index in [2.05, 4.69) is 16.0 Å². The molecule has 1 aliphatic heterocycles. The van der Waals surface area contributed by atoms with Crippen molar-refractivity contribution in [3.8, 4) is 11.5 Å². The molecule has 1 aromatic carbocycles. The number of rotatable bonds is 5. The quantitative estimate of drug-likeness (QED) is 0.918. The van der Waals surface area contributed by atoms with Gasteiger partial charge in [-0.05, 0) is 19.0 Å². The number of methoxy groups -OCH3 is 2. The number of hydrogen-bond donors (Lipinski definition) is 1. The number of nitrogens with zero attached hydrogens (tertiary/aromatic N) is 2. The Morgan fingerprint density at radius 3 is 2.91 bits per heavy atom. The number of hydrogen-bond acceptors (Lipinski definition) is 6. The first-order valence-electron chi connectivity index (χ1n) is 7.34. The SMILES string of the molecule is COc1cccc([C@H]2CCN(Cc3cnc(N)s3)C2)c1OC. The summed E-state index contributed by atoms with van der Waals surface area (Å²) in [6, 6.07) is 6.11. The summed E-state index contributed by atoms with van der Waals surface area (Å²) in [5.41, 5.74) is 6.93. The lowest BCUT2D eigenvalue weighted by Crippen LogP contribution is -2.19. The van der Waals surface area contributed by atoms with Crippen molar-refractivity contribution < 1.29 is 9.47 Å². The largest absolute Gasteiger partial charge is 0.493 e. The van der Waals surface area contributed by atoms with Crippen LogP contribution in [0.15, 0.2) is 24.4 Å². The molecule has 0 aliphatic carbocycles. The molecule has 2 heterocycles. The number of para-hydroxylation sites is 1. The number of nitrogen functional groups attached to an aromatic ring is 1. The van der Waals surface area contributed by atoms with Crippen LogP contribution in [-0.4, -0.2) is 37.2 Å². The van der Waals surface area contributed by atoms with E-state index in [1.165, 1.54) is 10.4 Å². The Balaban J connectivity index is 1.72. The number of thiazole rings is 1. The standard InChI is InChI=1S/C16H21N3O2S/c1-20-14-5-3-4-13(15(14)21-2)11-6-7-19(9-11)10-12-8-18-16(17)22-12/h3-5,8,11H,6-7,9-10H2,1-2H3,(H2,17,18)/t11-/m0/s1. The topological polar surface area (TPSA) is 60.6 Å². The van der Waals surface area contributed by atoms with Crippen LogP contribution < -0.4 is 15.2 Å². The highest BCUT2D eigenvalue weighted by Gasteiger charge is 2.27. The van der Waals surface area contributed by atoms with Crippen molar-refractivity contribution in [1.82, 2.24) is 9.88 Å². The summed E-state index contributed by atoms with van der Waals surface area (Å²) < 4.78 is 11.0. The highest BCUT2D eigenvalue weighted by atomic mass is 32.1. The lowest BCUT2D eigenvalue weighted by atomic mass is 9.97. The van der Waals surface area contributed by atoms with Crippen molar-refractivity contribution in [2.45, 2.75) is 18.9 Å².